The topological polar surface area (TPSA) is 86.8 Å². The number of allylic oxidation sites excluding steroid dienone is 2. The van der Waals surface area contributed by atoms with Crippen molar-refractivity contribution < 1.29 is 19.2 Å². The van der Waals surface area contributed by atoms with Crippen molar-refractivity contribution in [2.45, 2.75) is 58.7 Å². The third kappa shape index (κ3) is 5.76. The number of carbonyl (C=O) groups excluding carboxylic acids is 4. The molecule has 3 rings (SSSR count). The molecule has 178 valence electrons. The summed E-state index contributed by atoms with van der Waals surface area (Å²) in [5, 5.41) is 3.67. The molecule has 33 heavy (non-hydrogen) atoms. The summed E-state index contributed by atoms with van der Waals surface area (Å²) < 4.78 is 0. The van der Waals surface area contributed by atoms with Crippen LogP contribution >= 0.6 is 23.2 Å². The fourth-order valence-electron chi connectivity index (χ4n) is 4.26. The smallest absolute Gasteiger partial charge is 0.242 e. The number of halogens is 2. The first kappa shape index (κ1) is 25.2. The largest absolute Gasteiger partial charge is 0.352 e. The lowest BCUT2D eigenvalue weighted by molar-refractivity contribution is -0.143. The van der Waals surface area contributed by atoms with E-state index in [2.05, 4.69) is 5.32 Å². The van der Waals surface area contributed by atoms with E-state index in [0.29, 0.717) is 28.5 Å². The van der Waals surface area contributed by atoms with Crippen LogP contribution in [-0.4, -0.2) is 52.1 Å². The van der Waals surface area contributed by atoms with Crippen LogP contribution in [0.1, 0.15) is 45.6 Å². The van der Waals surface area contributed by atoms with E-state index in [1.54, 1.807) is 25.1 Å². The van der Waals surface area contributed by atoms with Crippen LogP contribution in [0.5, 0.6) is 0 Å². The second kappa shape index (κ2) is 10.7. The quantitative estimate of drug-likeness (QED) is 0.442. The number of imide groups is 1. The molecular weight excluding hydrogens is 465 g/mol. The highest BCUT2D eigenvalue weighted by Gasteiger charge is 2.47. The SMILES string of the molecule is CC(C)NC(=O)C(C)N(Cc1ccc(Cl)cc1Cl)C(=O)CCN1C(=O)[C@H]2CC=CC[C@H]2C1=O. The summed E-state index contributed by atoms with van der Waals surface area (Å²) >= 11 is 12.3. The molecule has 0 bridgehead atoms. The minimum absolute atomic E-state index is 0.00707. The van der Waals surface area contributed by atoms with Crippen LogP contribution in [0.3, 0.4) is 0 Å². The molecule has 2 aliphatic rings. The Labute approximate surface area is 204 Å². The number of nitrogens with one attached hydrogen (secondary N) is 1. The Morgan fingerprint density at radius 2 is 1.70 bits per heavy atom. The van der Waals surface area contributed by atoms with Crippen molar-refractivity contribution in [1.82, 2.24) is 15.1 Å². The van der Waals surface area contributed by atoms with Gasteiger partial charge in [0.05, 0.1) is 11.8 Å². The zero-order valence-electron chi connectivity index (χ0n) is 19.0. The number of benzene rings is 1. The lowest BCUT2D eigenvalue weighted by Gasteiger charge is -2.30. The number of fused-ring (bicyclic) bond motifs is 1. The zero-order valence-corrected chi connectivity index (χ0v) is 20.5. The Balaban J connectivity index is 1.75. The van der Waals surface area contributed by atoms with Crippen molar-refractivity contribution >= 4 is 46.8 Å². The summed E-state index contributed by atoms with van der Waals surface area (Å²) in [5.74, 6) is -1.76. The predicted octanol–water partition coefficient (Wildman–Crippen LogP) is 3.58. The Bertz CT molecular complexity index is 952. The van der Waals surface area contributed by atoms with E-state index >= 15 is 0 Å². The average Bonchev–Trinajstić information content (AvgIpc) is 3.00. The molecule has 1 unspecified atom stereocenters. The molecule has 4 amide bonds. The van der Waals surface area contributed by atoms with Gasteiger partial charge in [0.15, 0.2) is 0 Å². The van der Waals surface area contributed by atoms with Gasteiger partial charge in [-0.05, 0) is 51.3 Å². The monoisotopic (exact) mass is 493 g/mol. The highest BCUT2D eigenvalue weighted by molar-refractivity contribution is 6.35. The summed E-state index contributed by atoms with van der Waals surface area (Å²) in [7, 11) is 0. The summed E-state index contributed by atoms with van der Waals surface area (Å²) in [6.45, 7) is 5.41. The van der Waals surface area contributed by atoms with Crippen molar-refractivity contribution in [3.63, 3.8) is 0 Å². The zero-order chi connectivity index (χ0) is 24.3. The minimum Gasteiger partial charge on any atom is -0.352 e. The summed E-state index contributed by atoms with van der Waals surface area (Å²) in [5.41, 5.74) is 0.643. The normalized spacial score (nSPS) is 20.7. The van der Waals surface area contributed by atoms with Gasteiger partial charge < -0.3 is 10.2 Å². The number of likely N-dealkylation sites (tertiary alicyclic amines) is 1. The van der Waals surface area contributed by atoms with Crippen LogP contribution in [-0.2, 0) is 25.7 Å². The lowest BCUT2D eigenvalue weighted by atomic mass is 9.85. The molecule has 1 fully saturated rings. The first-order chi connectivity index (χ1) is 15.6. The molecule has 9 heteroatoms. The summed E-state index contributed by atoms with van der Waals surface area (Å²) in [6, 6.07) is 4.10. The molecule has 0 aromatic heterocycles. The Kier molecular flexibility index (Phi) is 8.19. The van der Waals surface area contributed by atoms with Gasteiger partial charge in [-0.15, -0.1) is 0 Å². The molecule has 0 radical (unpaired) electrons. The van der Waals surface area contributed by atoms with Gasteiger partial charge in [-0.2, -0.15) is 0 Å². The third-order valence-electron chi connectivity index (χ3n) is 6.10. The van der Waals surface area contributed by atoms with Crippen LogP contribution in [0.4, 0.5) is 0 Å². The Morgan fingerprint density at radius 3 is 2.24 bits per heavy atom. The van der Waals surface area contributed by atoms with Gasteiger partial charge in [0.1, 0.15) is 6.04 Å². The van der Waals surface area contributed by atoms with Crippen molar-refractivity contribution in [3.05, 3.63) is 46.0 Å². The van der Waals surface area contributed by atoms with E-state index in [1.807, 2.05) is 26.0 Å². The van der Waals surface area contributed by atoms with E-state index in [9.17, 15) is 19.2 Å². The van der Waals surface area contributed by atoms with Crippen molar-refractivity contribution in [2.24, 2.45) is 11.8 Å². The molecule has 0 spiro atoms. The highest BCUT2D eigenvalue weighted by Crippen LogP contribution is 2.35. The van der Waals surface area contributed by atoms with Crippen molar-refractivity contribution in [3.8, 4) is 0 Å². The van der Waals surface area contributed by atoms with E-state index in [1.165, 1.54) is 9.80 Å². The molecule has 1 saturated heterocycles. The number of carbonyl (C=O) groups is 4. The molecule has 1 aliphatic heterocycles. The van der Waals surface area contributed by atoms with Gasteiger partial charge in [-0.3, -0.25) is 24.1 Å². The van der Waals surface area contributed by atoms with Crippen molar-refractivity contribution in [1.29, 1.82) is 0 Å². The Hall–Kier alpha value is -2.38. The second-order valence-electron chi connectivity index (χ2n) is 8.83. The molecule has 3 atom stereocenters. The van der Waals surface area contributed by atoms with E-state index < -0.39 is 6.04 Å². The molecule has 7 nitrogen and oxygen atoms in total. The second-order valence-corrected chi connectivity index (χ2v) is 9.67. The maximum absolute atomic E-state index is 13.3. The molecule has 1 aliphatic carbocycles. The van der Waals surface area contributed by atoms with Crippen LogP contribution in [0, 0.1) is 11.8 Å². The van der Waals surface area contributed by atoms with E-state index in [4.69, 9.17) is 23.2 Å². The number of hydrogen-bond acceptors (Lipinski definition) is 4. The molecule has 1 aromatic carbocycles. The van der Waals surface area contributed by atoms with Gasteiger partial charge in [0.2, 0.25) is 23.6 Å². The number of nitrogens with zero attached hydrogens (tertiary/aromatic N) is 2. The lowest BCUT2D eigenvalue weighted by Crippen LogP contribution is -2.49. The minimum atomic E-state index is -0.775. The van der Waals surface area contributed by atoms with Crippen LogP contribution in [0.15, 0.2) is 30.4 Å². The first-order valence-corrected chi connectivity index (χ1v) is 11.9. The van der Waals surface area contributed by atoms with E-state index in [-0.39, 0.29) is 61.0 Å². The maximum Gasteiger partial charge on any atom is 0.242 e. The first-order valence-electron chi connectivity index (χ1n) is 11.1. The van der Waals surface area contributed by atoms with Gasteiger partial charge in [0.25, 0.3) is 0 Å². The van der Waals surface area contributed by atoms with Crippen LogP contribution in [0.2, 0.25) is 10.0 Å². The molecule has 1 heterocycles. The fraction of sp³-hybridized carbons (Fsp3) is 0.500. The standard InChI is InChI=1S/C24H29Cl2N3O4/c1-14(2)27-22(31)15(3)29(13-16-8-9-17(25)12-20(16)26)21(30)10-11-28-23(32)18-6-4-5-7-19(18)24(28)33/h4-5,8-9,12,14-15,18-19H,6-7,10-11,13H2,1-3H3,(H,27,31)/t15?,18-,19+. The van der Waals surface area contributed by atoms with E-state index in [0.717, 1.165) is 0 Å². The fourth-order valence-corrected chi connectivity index (χ4v) is 4.73. The number of hydrogen-bond donors (Lipinski definition) is 1. The number of rotatable bonds is 8. The highest BCUT2D eigenvalue weighted by atomic mass is 35.5. The van der Waals surface area contributed by atoms with Crippen LogP contribution < -0.4 is 5.32 Å². The molecular formula is C24H29Cl2N3O4. The van der Waals surface area contributed by atoms with Gasteiger partial charge in [-0.1, -0.05) is 41.4 Å². The molecule has 0 saturated carbocycles. The maximum atomic E-state index is 13.3. The summed E-state index contributed by atoms with van der Waals surface area (Å²) in [4.78, 5) is 54.0. The van der Waals surface area contributed by atoms with Gasteiger partial charge >= 0.3 is 0 Å². The predicted molar refractivity (Wildman–Crippen MR) is 126 cm³/mol. The van der Waals surface area contributed by atoms with Gasteiger partial charge in [0, 0.05) is 35.6 Å². The average molecular weight is 494 g/mol. The van der Waals surface area contributed by atoms with Crippen LogP contribution in [0.25, 0.3) is 0 Å². The summed E-state index contributed by atoms with van der Waals surface area (Å²) in [6.07, 6.45) is 4.87. The third-order valence-corrected chi connectivity index (χ3v) is 6.69. The van der Waals surface area contributed by atoms with Gasteiger partial charge in [-0.25, -0.2) is 0 Å². The number of amides is 4. The molecule has 1 aromatic rings. The Morgan fingerprint density at radius 1 is 1.09 bits per heavy atom. The molecule has 1 N–H and O–H groups in total. The van der Waals surface area contributed by atoms with Crippen molar-refractivity contribution in [2.75, 3.05) is 6.54 Å².